The quantitative estimate of drug-likeness (QED) is 0.824. The van der Waals surface area contributed by atoms with E-state index in [1.807, 2.05) is 25.1 Å². The minimum absolute atomic E-state index is 0.211. The van der Waals surface area contributed by atoms with Crippen molar-refractivity contribution < 1.29 is 9.59 Å². The first-order chi connectivity index (χ1) is 8.60. The lowest BCUT2D eigenvalue weighted by molar-refractivity contribution is -0.133. The van der Waals surface area contributed by atoms with E-state index >= 15 is 0 Å². The molecule has 0 spiro atoms. The van der Waals surface area contributed by atoms with E-state index in [1.54, 1.807) is 0 Å². The standard InChI is InChI=1S/C13H15ClN2O2/c1-2-8-3-4-9(7-10(8)14)15-11-5-6-12(17)16-13(11)18/h3-4,7,11,15H,2,5-6H2,1H3,(H,16,17,18). The van der Waals surface area contributed by atoms with E-state index in [-0.39, 0.29) is 17.9 Å². The Morgan fingerprint density at radius 2 is 2.22 bits per heavy atom. The van der Waals surface area contributed by atoms with Gasteiger partial charge >= 0.3 is 0 Å². The van der Waals surface area contributed by atoms with Gasteiger partial charge in [0.15, 0.2) is 0 Å². The molecule has 1 aliphatic heterocycles. The number of nitrogens with one attached hydrogen (secondary N) is 2. The SMILES string of the molecule is CCc1ccc(NC2CCC(=O)NC2=O)cc1Cl. The minimum atomic E-state index is -0.369. The van der Waals surface area contributed by atoms with Crippen LogP contribution >= 0.6 is 11.6 Å². The zero-order valence-electron chi connectivity index (χ0n) is 10.1. The molecule has 18 heavy (non-hydrogen) atoms. The van der Waals surface area contributed by atoms with Crippen LogP contribution in [0.15, 0.2) is 18.2 Å². The van der Waals surface area contributed by atoms with E-state index in [9.17, 15) is 9.59 Å². The molecular weight excluding hydrogens is 252 g/mol. The summed E-state index contributed by atoms with van der Waals surface area (Å²) in [6.07, 6.45) is 1.75. The van der Waals surface area contributed by atoms with Crippen LogP contribution < -0.4 is 10.6 Å². The number of imide groups is 1. The molecule has 4 nitrogen and oxygen atoms in total. The van der Waals surface area contributed by atoms with Crippen LogP contribution in [-0.4, -0.2) is 17.9 Å². The Balaban J connectivity index is 2.07. The maximum atomic E-state index is 11.6. The van der Waals surface area contributed by atoms with Crippen LogP contribution in [0, 0.1) is 0 Å². The summed E-state index contributed by atoms with van der Waals surface area (Å²) in [5.41, 5.74) is 1.87. The number of piperidine rings is 1. The predicted octanol–water partition coefficient (Wildman–Crippen LogP) is 2.12. The maximum absolute atomic E-state index is 11.6. The van der Waals surface area contributed by atoms with E-state index in [0.29, 0.717) is 17.9 Å². The molecule has 1 aliphatic rings. The van der Waals surface area contributed by atoms with Gasteiger partial charge in [0.1, 0.15) is 6.04 Å². The molecule has 1 unspecified atom stereocenters. The molecule has 0 radical (unpaired) electrons. The lowest BCUT2D eigenvalue weighted by atomic mass is 10.1. The number of halogens is 1. The fraction of sp³-hybridized carbons (Fsp3) is 0.385. The highest BCUT2D eigenvalue weighted by molar-refractivity contribution is 6.31. The smallest absolute Gasteiger partial charge is 0.249 e. The first-order valence-corrected chi connectivity index (χ1v) is 6.36. The number of anilines is 1. The van der Waals surface area contributed by atoms with Gasteiger partial charge < -0.3 is 5.32 Å². The van der Waals surface area contributed by atoms with Crippen molar-refractivity contribution in [3.8, 4) is 0 Å². The molecule has 1 heterocycles. The monoisotopic (exact) mass is 266 g/mol. The molecule has 96 valence electrons. The fourth-order valence-corrected chi connectivity index (χ4v) is 2.27. The molecule has 1 aromatic carbocycles. The lowest BCUT2D eigenvalue weighted by Crippen LogP contribution is -2.47. The van der Waals surface area contributed by atoms with Crippen LogP contribution in [0.5, 0.6) is 0 Å². The van der Waals surface area contributed by atoms with Gasteiger partial charge in [-0.2, -0.15) is 0 Å². The van der Waals surface area contributed by atoms with Gasteiger partial charge in [0.2, 0.25) is 11.8 Å². The summed E-state index contributed by atoms with van der Waals surface area (Å²) < 4.78 is 0. The Morgan fingerprint density at radius 3 is 2.83 bits per heavy atom. The van der Waals surface area contributed by atoms with Gasteiger partial charge in [0.05, 0.1) is 0 Å². The molecule has 2 N–H and O–H groups in total. The molecule has 1 atom stereocenters. The molecule has 1 fully saturated rings. The minimum Gasteiger partial charge on any atom is -0.374 e. The van der Waals surface area contributed by atoms with Crippen LogP contribution in [0.3, 0.4) is 0 Å². The molecule has 0 saturated carbocycles. The van der Waals surface area contributed by atoms with Gasteiger partial charge in [-0.3, -0.25) is 14.9 Å². The number of carbonyl (C=O) groups excluding carboxylic acids is 2. The van der Waals surface area contributed by atoms with Crippen molar-refractivity contribution in [2.45, 2.75) is 32.2 Å². The normalized spacial score (nSPS) is 19.6. The van der Waals surface area contributed by atoms with Crippen molar-refractivity contribution in [2.75, 3.05) is 5.32 Å². The number of rotatable bonds is 3. The van der Waals surface area contributed by atoms with Gasteiger partial charge in [0.25, 0.3) is 0 Å². The second-order valence-corrected chi connectivity index (χ2v) is 4.71. The van der Waals surface area contributed by atoms with Crippen LogP contribution in [0.25, 0.3) is 0 Å². The number of hydrogen-bond donors (Lipinski definition) is 2. The summed E-state index contributed by atoms with van der Waals surface area (Å²) >= 11 is 6.11. The van der Waals surface area contributed by atoms with Crippen molar-refractivity contribution in [1.29, 1.82) is 0 Å². The first-order valence-electron chi connectivity index (χ1n) is 5.99. The van der Waals surface area contributed by atoms with Crippen LogP contribution in [-0.2, 0) is 16.0 Å². The number of benzene rings is 1. The molecule has 0 aromatic heterocycles. The zero-order chi connectivity index (χ0) is 13.1. The van der Waals surface area contributed by atoms with Gasteiger partial charge in [-0.15, -0.1) is 0 Å². The maximum Gasteiger partial charge on any atom is 0.249 e. The number of carbonyl (C=O) groups is 2. The number of aryl methyl sites for hydroxylation is 1. The van der Waals surface area contributed by atoms with Crippen molar-refractivity contribution >= 4 is 29.1 Å². The van der Waals surface area contributed by atoms with Crippen LogP contribution in [0.1, 0.15) is 25.3 Å². The number of hydrogen-bond acceptors (Lipinski definition) is 3. The highest BCUT2D eigenvalue weighted by Crippen LogP contribution is 2.22. The third kappa shape index (κ3) is 2.82. The first kappa shape index (κ1) is 12.9. The fourth-order valence-electron chi connectivity index (χ4n) is 1.96. The number of amides is 2. The van der Waals surface area contributed by atoms with E-state index in [2.05, 4.69) is 10.6 Å². The van der Waals surface area contributed by atoms with E-state index in [1.165, 1.54) is 0 Å². The van der Waals surface area contributed by atoms with Gasteiger partial charge in [-0.1, -0.05) is 24.6 Å². The van der Waals surface area contributed by atoms with Gasteiger partial charge in [-0.05, 0) is 30.5 Å². The topological polar surface area (TPSA) is 58.2 Å². The molecule has 2 rings (SSSR count). The third-order valence-electron chi connectivity index (χ3n) is 3.01. The lowest BCUT2D eigenvalue weighted by Gasteiger charge is -2.23. The Hall–Kier alpha value is -1.55. The summed E-state index contributed by atoms with van der Waals surface area (Å²) in [6.45, 7) is 2.04. The van der Waals surface area contributed by atoms with Crippen LogP contribution in [0.4, 0.5) is 5.69 Å². The molecular formula is C13H15ClN2O2. The Bertz CT molecular complexity index is 488. The predicted molar refractivity (Wildman–Crippen MR) is 70.6 cm³/mol. The van der Waals surface area contributed by atoms with Gasteiger partial charge in [-0.25, -0.2) is 0 Å². The molecule has 2 amide bonds. The van der Waals surface area contributed by atoms with Crippen molar-refractivity contribution in [3.05, 3.63) is 28.8 Å². The second kappa shape index (κ2) is 5.40. The molecule has 1 saturated heterocycles. The average molecular weight is 267 g/mol. The Morgan fingerprint density at radius 1 is 1.44 bits per heavy atom. The van der Waals surface area contributed by atoms with Crippen molar-refractivity contribution in [2.24, 2.45) is 0 Å². The Labute approximate surface area is 111 Å². The summed E-state index contributed by atoms with van der Waals surface area (Å²) in [6, 6.07) is 5.28. The molecule has 1 aromatic rings. The van der Waals surface area contributed by atoms with E-state index in [0.717, 1.165) is 17.7 Å². The van der Waals surface area contributed by atoms with Crippen molar-refractivity contribution in [1.82, 2.24) is 5.32 Å². The third-order valence-corrected chi connectivity index (χ3v) is 3.37. The highest BCUT2D eigenvalue weighted by Gasteiger charge is 2.26. The molecule has 5 heteroatoms. The van der Waals surface area contributed by atoms with Gasteiger partial charge in [0, 0.05) is 17.1 Å². The second-order valence-electron chi connectivity index (χ2n) is 4.31. The Kier molecular flexibility index (Phi) is 3.87. The summed E-state index contributed by atoms with van der Waals surface area (Å²) in [7, 11) is 0. The molecule has 0 aliphatic carbocycles. The zero-order valence-corrected chi connectivity index (χ0v) is 10.9. The van der Waals surface area contributed by atoms with Crippen molar-refractivity contribution in [3.63, 3.8) is 0 Å². The highest BCUT2D eigenvalue weighted by atomic mass is 35.5. The average Bonchev–Trinajstić information content (AvgIpc) is 2.33. The van der Waals surface area contributed by atoms with E-state index in [4.69, 9.17) is 11.6 Å². The van der Waals surface area contributed by atoms with E-state index < -0.39 is 0 Å². The molecule has 0 bridgehead atoms. The summed E-state index contributed by atoms with van der Waals surface area (Å²) in [5, 5.41) is 6.10. The summed E-state index contributed by atoms with van der Waals surface area (Å²) in [4.78, 5) is 22.6. The van der Waals surface area contributed by atoms with Crippen LogP contribution in [0.2, 0.25) is 5.02 Å². The largest absolute Gasteiger partial charge is 0.374 e. The summed E-state index contributed by atoms with van der Waals surface area (Å²) in [5.74, 6) is -0.487.